The van der Waals surface area contributed by atoms with Gasteiger partial charge in [0.1, 0.15) is 0 Å². The quantitative estimate of drug-likeness (QED) is 0.834. The first-order valence-electron chi connectivity index (χ1n) is 6.64. The zero-order chi connectivity index (χ0) is 14.7. The lowest BCUT2D eigenvalue weighted by Crippen LogP contribution is -2.47. The first kappa shape index (κ1) is 14.4. The topological polar surface area (TPSA) is 44.1 Å². The number of carbonyl (C=O) groups excluding carboxylic acids is 1. The smallest absolute Gasteiger partial charge is 0.258 e. The molecule has 5 heteroatoms. The Bertz CT molecular complexity index is 551. The minimum absolute atomic E-state index is 0.346. The molecule has 20 heavy (non-hydrogen) atoms. The molecule has 1 aliphatic heterocycles. The Kier molecular flexibility index (Phi) is 4.33. The van der Waals surface area contributed by atoms with Crippen LogP contribution in [0.25, 0.3) is 0 Å². The van der Waals surface area contributed by atoms with E-state index >= 15 is 0 Å². The summed E-state index contributed by atoms with van der Waals surface area (Å²) in [5.41, 5.74) is 1.51. The number of halogens is 2. The molecule has 0 unspecified atom stereocenters. The number of rotatable bonds is 2. The van der Waals surface area contributed by atoms with Gasteiger partial charge in [0.15, 0.2) is 0 Å². The number of carbonyl (C=O) groups is 1. The van der Waals surface area contributed by atoms with E-state index in [0.29, 0.717) is 29.7 Å². The van der Waals surface area contributed by atoms with E-state index in [0.717, 1.165) is 12.8 Å². The van der Waals surface area contributed by atoms with Crippen LogP contribution >= 0.6 is 0 Å². The Balaban J connectivity index is 2.28. The van der Waals surface area contributed by atoms with Crippen LogP contribution < -0.4 is 0 Å². The van der Waals surface area contributed by atoms with E-state index in [-0.39, 0.29) is 5.91 Å². The van der Waals surface area contributed by atoms with E-state index in [1.165, 1.54) is 4.90 Å². The fourth-order valence-corrected chi connectivity index (χ4v) is 2.60. The predicted octanol–water partition coefficient (Wildman–Crippen LogP) is 3.13. The van der Waals surface area contributed by atoms with Crippen LogP contribution in [0.2, 0.25) is 0 Å². The molecule has 1 amide bonds. The number of nitrogens with zero attached hydrogens (tertiary/aromatic N) is 2. The number of amides is 1. The van der Waals surface area contributed by atoms with Crippen LogP contribution in [0.3, 0.4) is 0 Å². The van der Waals surface area contributed by atoms with Crippen LogP contribution in [0.5, 0.6) is 0 Å². The third-order valence-corrected chi connectivity index (χ3v) is 3.69. The highest BCUT2D eigenvalue weighted by molar-refractivity contribution is 5.96. The van der Waals surface area contributed by atoms with E-state index in [1.807, 2.05) is 6.07 Å². The molecule has 1 aliphatic rings. The third kappa shape index (κ3) is 2.79. The lowest BCUT2D eigenvalue weighted by atomic mass is 9.99. The van der Waals surface area contributed by atoms with Gasteiger partial charge >= 0.3 is 0 Å². The Labute approximate surface area is 116 Å². The first-order valence-corrected chi connectivity index (χ1v) is 6.64. The van der Waals surface area contributed by atoms with E-state index in [4.69, 9.17) is 5.26 Å². The van der Waals surface area contributed by atoms with Gasteiger partial charge in [-0.05, 0) is 49.9 Å². The van der Waals surface area contributed by atoms with Crippen LogP contribution in [-0.4, -0.2) is 29.8 Å². The van der Waals surface area contributed by atoms with Crippen LogP contribution in [0.4, 0.5) is 8.78 Å². The normalized spacial score (nSPS) is 18.9. The summed E-state index contributed by atoms with van der Waals surface area (Å²) in [6.07, 6.45) is -0.688. The fourth-order valence-electron chi connectivity index (χ4n) is 2.60. The van der Waals surface area contributed by atoms with Gasteiger partial charge in [0.2, 0.25) is 0 Å². The molecule has 3 nitrogen and oxygen atoms in total. The molecule has 0 bridgehead atoms. The second kappa shape index (κ2) is 6.00. The minimum atomic E-state index is -2.52. The van der Waals surface area contributed by atoms with Crippen LogP contribution in [0.15, 0.2) is 18.2 Å². The van der Waals surface area contributed by atoms with Gasteiger partial charge in [0.25, 0.3) is 12.3 Å². The van der Waals surface area contributed by atoms with Crippen molar-refractivity contribution >= 4 is 5.91 Å². The predicted molar refractivity (Wildman–Crippen MR) is 70.6 cm³/mol. The molecular formula is C15H16F2N2O. The summed E-state index contributed by atoms with van der Waals surface area (Å²) in [5, 5.41) is 8.81. The van der Waals surface area contributed by atoms with Gasteiger partial charge in [0.05, 0.1) is 17.7 Å². The summed E-state index contributed by atoms with van der Waals surface area (Å²) in [6, 6.07) is 5.70. The SMILES string of the molecule is Cc1cc(C#N)ccc1C(=O)N1CCCC[C@@H]1C(F)F. The fraction of sp³-hybridized carbons (Fsp3) is 0.467. The molecule has 1 fully saturated rings. The van der Waals surface area contributed by atoms with Gasteiger partial charge in [-0.1, -0.05) is 0 Å². The molecule has 0 aromatic heterocycles. The van der Waals surface area contributed by atoms with Crippen molar-refractivity contribution in [3.8, 4) is 6.07 Å². The summed E-state index contributed by atoms with van der Waals surface area (Å²) >= 11 is 0. The van der Waals surface area contributed by atoms with Crippen molar-refractivity contribution in [2.45, 2.75) is 38.7 Å². The molecule has 0 spiro atoms. The number of nitriles is 1. The van der Waals surface area contributed by atoms with E-state index in [1.54, 1.807) is 25.1 Å². The Morgan fingerprint density at radius 1 is 1.45 bits per heavy atom. The first-order chi connectivity index (χ1) is 9.54. The highest BCUT2D eigenvalue weighted by Crippen LogP contribution is 2.25. The third-order valence-electron chi connectivity index (χ3n) is 3.69. The Hall–Kier alpha value is -1.96. The second-order valence-electron chi connectivity index (χ2n) is 5.04. The summed E-state index contributed by atoms with van der Waals surface area (Å²) in [7, 11) is 0. The molecule has 106 valence electrons. The molecule has 1 heterocycles. The number of benzene rings is 1. The van der Waals surface area contributed by atoms with Crippen molar-refractivity contribution in [1.82, 2.24) is 4.90 Å². The van der Waals surface area contributed by atoms with Gasteiger partial charge < -0.3 is 4.90 Å². The second-order valence-corrected chi connectivity index (χ2v) is 5.04. The van der Waals surface area contributed by atoms with Crippen molar-refractivity contribution in [3.05, 3.63) is 34.9 Å². The zero-order valence-electron chi connectivity index (χ0n) is 11.3. The molecule has 2 rings (SSSR count). The number of alkyl halides is 2. The molecule has 1 saturated heterocycles. The number of aryl methyl sites for hydroxylation is 1. The highest BCUT2D eigenvalue weighted by atomic mass is 19.3. The average Bonchev–Trinajstić information content (AvgIpc) is 2.46. The lowest BCUT2D eigenvalue weighted by Gasteiger charge is -2.35. The van der Waals surface area contributed by atoms with Gasteiger partial charge in [-0.15, -0.1) is 0 Å². The molecule has 0 radical (unpaired) electrons. The van der Waals surface area contributed by atoms with Crippen LogP contribution in [0, 0.1) is 18.3 Å². The van der Waals surface area contributed by atoms with E-state index in [2.05, 4.69) is 0 Å². The molecule has 1 aromatic rings. The van der Waals surface area contributed by atoms with Crippen LogP contribution in [-0.2, 0) is 0 Å². The number of piperidine rings is 1. The Morgan fingerprint density at radius 3 is 2.80 bits per heavy atom. The van der Waals surface area contributed by atoms with E-state index < -0.39 is 12.5 Å². The minimum Gasteiger partial charge on any atom is -0.330 e. The summed E-state index contributed by atoms with van der Waals surface area (Å²) < 4.78 is 26.1. The highest BCUT2D eigenvalue weighted by Gasteiger charge is 2.34. The molecule has 1 aromatic carbocycles. The van der Waals surface area contributed by atoms with E-state index in [9.17, 15) is 13.6 Å². The van der Waals surface area contributed by atoms with Crippen molar-refractivity contribution in [2.24, 2.45) is 0 Å². The van der Waals surface area contributed by atoms with Gasteiger partial charge in [0, 0.05) is 12.1 Å². The average molecular weight is 278 g/mol. The number of hydrogen-bond donors (Lipinski definition) is 0. The molecule has 0 N–H and O–H groups in total. The maximum atomic E-state index is 13.0. The lowest BCUT2D eigenvalue weighted by molar-refractivity contribution is 0.00680. The van der Waals surface area contributed by atoms with Crippen molar-refractivity contribution in [2.75, 3.05) is 6.54 Å². The van der Waals surface area contributed by atoms with Crippen molar-refractivity contribution in [3.63, 3.8) is 0 Å². The largest absolute Gasteiger partial charge is 0.330 e. The molecule has 0 saturated carbocycles. The van der Waals surface area contributed by atoms with Gasteiger partial charge in [-0.25, -0.2) is 8.78 Å². The van der Waals surface area contributed by atoms with Gasteiger partial charge in [-0.2, -0.15) is 5.26 Å². The molecule has 0 aliphatic carbocycles. The maximum Gasteiger partial charge on any atom is 0.258 e. The summed E-state index contributed by atoms with van der Waals surface area (Å²) in [6.45, 7) is 2.09. The monoisotopic (exact) mass is 278 g/mol. The van der Waals surface area contributed by atoms with Crippen molar-refractivity contribution in [1.29, 1.82) is 5.26 Å². The zero-order valence-corrected chi connectivity index (χ0v) is 11.3. The maximum absolute atomic E-state index is 13.0. The summed E-state index contributed by atoms with van der Waals surface area (Å²) in [5.74, 6) is -0.364. The molecule has 1 atom stereocenters. The Morgan fingerprint density at radius 2 is 2.20 bits per heavy atom. The van der Waals surface area contributed by atoms with Gasteiger partial charge in [-0.3, -0.25) is 4.79 Å². The number of likely N-dealkylation sites (tertiary alicyclic amines) is 1. The standard InChI is InChI=1S/C15H16F2N2O/c1-10-8-11(9-18)5-6-12(10)15(20)19-7-3-2-4-13(19)14(16)17/h5-6,8,13-14H,2-4,7H2,1H3/t13-/m1/s1. The molecular weight excluding hydrogens is 262 g/mol. The van der Waals surface area contributed by atoms with Crippen LogP contribution in [0.1, 0.15) is 40.7 Å². The van der Waals surface area contributed by atoms with Crippen molar-refractivity contribution < 1.29 is 13.6 Å². The number of hydrogen-bond acceptors (Lipinski definition) is 2. The summed E-state index contributed by atoms with van der Waals surface area (Å²) in [4.78, 5) is 13.7.